The highest BCUT2D eigenvalue weighted by atomic mass is 35.5. The predicted octanol–water partition coefficient (Wildman–Crippen LogP) is 5.10. The number of hydrogen-bond acceptors (Lipinski definition) is 2. The number of aryl methyl sites for hydroxylation is 1. The molecule has 0 aliphatic heterocycles. The molecule has 0 bridgehead atoms. The number of alkyl halides is 1. The monoisotopic (exact) mass is 262 g/mol. The van der Waals surface area contributed by atoms with Gasteiger partial charge in [-0.3, -0.25) is 0 Å². The molecule has 4 heteroatoms. The number of halogens is 2. The second-order valence-electron chi connectivity index (χ2n) is 2.95. The Hall–Kier alpha value is -0.0200. The Morgan fingerprint density at radius 3 is 2.21 bits per heavy atom. The van der Waals surface area contributed by atoms with Crippen LogP contribution in [0.4, 0.5) is 0 Å². The van der Waals surface area contributed by atoms with Crippen LogP contribution in [0.3, 0.4) is 0 Å². The molecule has 0 aliphatic carbocycles. The Bertz CT molecular complexity index is 391. The Kier molecular flexibility index (Phi) is 3.17. The van der Waals surface area contributed by atoms with Crippen LogP contribution < -0.4 is 0 Å². The van der Waals surface area contributed by atoms with Crippen molar-refractivity contribution in [2.24, 2.45) is 0 Å². The van der Waals surface area contributed by atoms with E-state index in [2.05, 4.69) is 19.1 Å². The van der Waals surface area contributed by atoms with Crippen molar-refractivity contribution >= 4 is 45.9 Å². The highest BCUT2D eigenvalue weighted by Gasteiger charge is 2.14. The smallest absolute Gasteiger partial charge is 0.102 e. The molecule has 0 radical (unpaired) electrons. The van der Waals surface area contributed by atoms with E-state index in [4.69, 9.17) is 23.2 Å². The molecule has 0 aliphatic rings. The molecular formula is C10H8Cl2S2. The second kappa shape index (κ2) is 4.23. The van der Waals surface area contributed by atoms with Gasteiger partial charge >= 0.3 is 0 Å². The largest absolute Gasteiger partial charge is 0.144 e. The van der Waals surface area contributed by atoms with Crippen LogP contribution >= 0.6 is 45.9 Å². The van der Waals surface area contributed by atoms with E-state index in [1.165, 1.54) is 9.75 Å². The van der Waals surface area contributed by atoms with E-state index in [9.17, 15) is 0 Å². The molecule has 0 nitrogen and oxygen atoms in total. The lowest BCUT2D eigenvalue weighted by Crippen LogP contribution is -1.83. The van der Waals surface area contributed by atoms with Gasteiger partial charge in [0.05, 0.1) is 4.34 Å². The van der Waals surface area contributed by atoms with Crippen LogP contribution in [0.5, 0.6) is 0 Å². The molecule has 0 saturated carbocycles. The van der Waals surface area contributed by atoms with Crippen molar-refractivity contribution in [1.82, 2.24) is 0 Å². The third kappa shape index (κ3) is 2.14. The molecule has 14 heavy (non-hydrogen) atoms. The minimum Gasteiger partial charge on any atom is -0.144 e. The molecule has 2 rings (SSSR count). The van der Waals surface area contributed by atoms with E-state index in [0.717, 1.165) is 9.21 Å². The summed E-state index contributed by atoms with van der Waals surface area (Å²) in [5, 5.41) is -0.0498. The average Bonchev–Trinajstić information content (AvgIpc) is 2.73. The topological polar surface area (TPSA) is 0 Å². The highest BCUT2D eigenvalue weighted by Crippen LogP contribution is 2.38. The Morgan fingerprint density at radius 1 is 1.07 bits per heavy atom. The van der Waals surface area contributed by atoms with E-state index >= 15 is 0 Å². The quantitative estimate of drug-likeness (QED) is 0.661. The van der Waals surface area contributed by atoms with Crippen LogP contribution in [-0.2, 0) is 0 Å². The zero-order valence-corrected chi connectivity index (χ0v) is 10.6. The summed E-state index contributed by atoms with van der Waals surface area (Å²) in [5.74, 6) is 0. The first-order valence-corrected chi connectivity index (χ1v) is 6.57. The van der Waals surface area contributed by atoms with Gasteiger partial charge in [0.25, 0.3) is 0 Å². The Labute approximate surface area is 101 Å². The van der Waals surface area contributed by atoms with Gasteiger partial charge in [-0.1, -0.05) is 11.6 Å². The third-order valence-corrected chi connectivity index (χ3v) is 4.95. The normalized spacial score (nSPS) is 13.1. The van der Waals surface area contributed by atoms with E-state index in [1.807, 2.05) is 12.1 Å². The molecule has 0 saturated heterocycles. The predicted molar refractivity (Wildman–Crippen MR) is 66.1 cm³/mol. The molecule has 1 atom stereocenters. The summed E-state index contributed by atoms with van der Waals surface area (Å²) < 4.78 is 0.791. The van der Waals surface area contributed by atoms with Crippen molar-refractivity contribution < 1.29 is 0 Å². The minimum atomic E-state index is -0.0498. The molecular weight excluding hydrogens is 255 g/mol. The Morgan fingerprint density at radius 2 is 1.71 bits per heavy atom. The first kappa shape index (κ1) is 10.5. The standard InChI is InChI=1S/C10H8Cl2S2/c1-6-2-3-7(13-6)10(12)8-4-5-9(11)14-8/h2-5,10H,1H3. The number of thiophene rings is 2. The van der Waals surface area contributed by atoms with Crippen molar-refractivity contribution in [3.63, 3.8) is 0 Å². The fourth-order valence-corrected chi connectivity index (χ4v) is 3.61. The lowest BCUT2D eigenvalue weighted by Gasteiger charge is -2.02. The van der Waals surface area contributed by atoms with Gasteiger partial charge in [0, 0.05) is 14.6 Å². The van der Waals surface area contributed by atoms with E-state index in [1.54, 1.807) is 22.7 Å². The third-order valence-electron chi connectivity index (χ3n) is 1.85. The molecule has 0 N–H and O–H groups in total. The summed E-state index contributed by atoms with van der Waals surface area (Å²) in [5.41, 5.74) is 0. The van der Waals surface area contributed by atoms with E-state index in [-0.39, 0.29) is 5.38 Å². The molecule has 2 heterocycles. The molecule has 74 valence electrons. The average molecular weight is 263 g/mol. The van der Waals surface area contributed by atoms with Crippen molar-refractivity contribution in [3.05, 3.63) is 43.2 Å². The second-order valence-corrected chi connectivity index (χ2v) is 6.46. The van der Waals surface area contributed by atoms with Crippen LogP contribution in [0.1, 0.15) is 20.0 Å². The zero-order valence-electron chi connectivity index (χ0n) is 7.46. The van der Waals surface area contributed by atoms with Crippen molar-refractivity contribution in [3.8, 4) is 0 Å². The van der Waals surface area contributed by atoms with Crippen LogP contribution in [0, 0.1) is 6.92 Å². The minimum absolute atomic E-state index is 0.0498. The van der Waals surface area contributed by atoms with Crippen molar-refractivity contribution in [1.29, 1.82) is 0 Å². The molecule has 1 unspecified atom stereocenters. The summed E-state index contributed by atoms with van der Waals surface area (Å²) in [4.78, 5) is 3.58. The lowest BCUT2D eigenvalue weighted by molar-refractivity contribution is 1.24. The van der Waals surface area contributed by atoms with Gasteiger partial charge in [-0.2, -0.15) is 0 Å². The molecule has 0 amide bonds. The number of hydrogen-bond donors (Lipinski definition) is 0. The first-order valence-electron chi connectivity index (χ1n) is 4.12. The summed E-state index contributed by atoms with van der Waals surface area (Å²) in [6.07, 6.45) is 0. The number of rotatable bonds is 2. The fourth-order valence-electron chi connectivity index (χ4n) is 1.19. The summed E-state index contributed by atoms with van der Waals surface area (Å²) in [6, 6.07) is 8.03. The zero-order chi connectivity index (χ0) is 10.1. The Balaban J connectivity index is 2.28. The van der Waals surface area contributed by atoms with Gasteiger partial charge in [0.15, 0.2) is 0 Å². The van der Waals surface area contributed by atoms with Gasteiger partial charge in [0.1, 0.15) is 5.38 Å². The van der Waals surface area contributed by atoms with E-state index in [0.29, 0.717) is 0 Å². The van der Waals surface area contributed by atoms with E-state index < -0.39 is 0 Å². The van der Waals surface area contributed by atoms with Gasteiger partial charge in [-0.25, -0.2) is 0 Å². The highest BCUT2D eigenvalue weighted by molar-refractivity contribution is 7.17. The summed E-state index contributed by atoms with van der Waals surface area (Å²) in [7, 11) is 0. The molecule has 0 aromatic carbocycles. The van der Waals surface area contributed by atoms with Crippen molar-refractivity contribution in [2.75, 3.05) is 0 Å². The molecule has 0 fully saturated rings. The van der Waals surface area contributed by atoms with Gasteiger partial charge in [-0.15, -0.1) is 34.3 Å². The molecule has 2 aromatic heterocycles. The summed E-state index contributed by atoms with van der Waals surface area (Å²) in [6.45, 7) is 2.08. The van der Waals surface area contributed by atoms with Crippen molar-refractivity contribution in [2.45, 2.75) is 12.3 Å². The SMILES string of the molecule is Cc1ccc(C(Cl)c2ccc(Cl)s2)s1. The van der Waals surface area contributed by atoms with Gasteiger partial charge in [-0.05, 0) is 31.2 Å². The van der Waals surface area contributed by atoms with Crippen LogP contribution in [0.15, 0.2) is 24.3 Å². The maximum Gasteiger partial charge on any atom is 0.102 e. The summed E-state index contributed by atoms with van der Waals surface area (Å²) >= 11 is 15.5. The maximum atomic E-state index is 6.32. The molecule has 0 spiro atoms. The molecule has 2 aromatic rings. The van der Waals surface area contributed by atoms with Crippen LogP contribution in [0.25, 0.3) is 0 Å². The van der Waals surface area contributed by atoms with Gasteiger partial charge in [0.2, 0.25) is 0 Å². The van der Waals surface area contributed by atoms with Gasteiger partial charge < -0.3 is 0 Å². The van der Waals surface area contributed by atoms with Crippen LogP contribution in [0.2, 0.25) is 4.34 Å². The maximum absolute atomic E-state index is 6.32. The fraction of sp³-hybridized carbons (Fsp3) is 0.200. The lowest BCUT2D eigenvalue weighted by atomic mass is 10.3. The first-order chi connectivity index (χ1) is 6.66. The van der Waals surface area contributed by atoms with Crippen LogP contribution in [-0.4, -0.2) is 0 Å².